The van der Waals surface area contributed by atoms with Gasteiger partial charge in [-0.1, -0.05) is 97.6 Å². The van der Waals surface area contributed by atoms with Gasteiger partial charge in [0.2, 0.25) is 0 Å². The van der Waals surface area contributed by atoms with Crippen LogP contribution in [0.3, 0.4) is 0 Å². The molecular formula is C28H24N2. The Hall–Kier alpha value is -3.78. The monoisotopic (exact) mass is 388 g/mol. The standard InChI is InChI=1S/C28H24N2/c1-20-12-10-11-17-26(20)30-21(2)29(3)27-24(22-13-6-4-7-14-22)18-19-25(28(27)30)23-15-8-5-9-16-23/h4-19H,2H2,1,3H3. The normalized spacial score (nSPS) is 12.9. The third-order valence-electron chi connectivity index (χ3n) is 5.88. The number of para-hydroxylation sites is 1. The third kappa shape index (κ3) is 2.81. The van der Waals surface area contributed by atoms with Gasteiger partial charge >= 0.3 is 0 Å². The predicted octanol–water partition coefficient (Wildman–Crippen LogP) is 7.39. The highest BCUT2D eigenvalue weighted by molar-refractivity contribution is 6.04. The Balaban J connectivity index is 1.84. The lowest BCUT2D eigenvalue weighted by atomic mass is 9.95. The Bertz CT molecular complexity index is 1230. The molecule has 1 aliphatic rings. The van der Waals surface area contributed by atoms with Crippen molar-refractivity contribution in [3.63, 3.8) is 0 Å². The summed E-state index contributed by atoms with van der Waals surface area (Å²) in [6.07, 6.45) is 0. The van der Waals surface area contributed by atoms with Crippen molar-refractivity contribution in [1.82, 2.24) is 0 Å². The topological polar surface area (TPSA) is 6.48 Å². The Morgan fingerprint density at radius 1 is 0.600 bits per heavy atom. The molecule has 0 radical (unpaired) electrons. The van der Waals surface area contributed by atoms with E-state index in [-0.39, 0.29) is 0 Å². The molecule has 0 atom stereocenters. The Morgan fingerprint density at radius 3 is 1.67 bits per heavy atom. The van der Waals surface area contributed by atoms with E-state index < -0.39 is 0 Å². The van der Waals surface area contributed by atoms with Gasteiger partial charge in [-0.25, -0.2) is 0 Å². The van der Waals surface area contributed by atoms with Gasteiger partial charge in [0.05, 0.1) is 17.1 Å². The molecule has 0 saturated heterocycles. The van der Waals surface area contributed by atoms with Crippen LogP contribution in [0.2, 0.25) is 0 Å². The Kier molecular flexibility index (Phi) is 4.40. The van der Waals surface area contributed by atoms with Crippen LogP contribution in [0.25, 0.3) is 22.3 Å². The van der Waals surface area contributed by atoms with Gasteiger partial charge in [0.15, 0.2) is 0 Å². The van der Waals surface area contributed by atoms with Gasteiger partial charge in [-0.2, -0.15) is 0 Å². The van der Waals surface area contributed by atoms with Gasteiger partial charge in [-0.3, -0.25) is 4.90 Å². The second-order valence-electron chi connectivity index (χ2n) is 7.69. The zero-order valence-corrected chi connectivity index (χ0v) is 17.3. The SMILES string of the molecule is C=C1N(C)c2c(-c3ccccc3)ccc(-c3ccccc3)c2N1c1ccccc1C. The fourth-order valence-corrected chi connectivity index (χ4v) is 4.33. The van der Waals surface area contributed by atoms with Crippen molar-refractivity contribution in [2.45, 2.75) is 6.92 Å². The second-order valence-corrected chi connectivity index (χ2v) is 7.69. The lowest BCUT2D eigenvalue weighted by molar-refractivity contribution is 1.09. The van der Waals surface area contributed by atoms with Gasteiger partial charge in [0.1, 0.15) is 5.82 Å². The van der Waals surface area contributed by atoms with Gasteiger partial charge in [0.25, 0.3) is 0 Å². The molecule has 0 aromatic heterocycles. The highest BCUT2D eigenvalue weighted by Gasteiger charge is 2.34. The van der Waals surface area contributed by atoms with Crippen molar-refractivity contribution in [3.8, 4) is 22.3 Å². The Morgan fingerprint density at radius 2 is 1.10 bits per heavy atom. The minimum absolute atomic E-state index is 0.958. The average Bonchev–Trinajstić information content (AvgIpc) is 3.06. The van der Waals surface area contributed by atoms with Gasteiger partial charge < -0.3 is 4.90 Å². The van der Waals surface area contributed by atoms with E-state index in [1.54, 1.807) is 0 Å². The van der Waals surface area contributed by atoms with Gasteiger partial charge in [0, 0.05) is 18.2 Å². The average molecular weight is 389 g/mol. The maximum absolute atomic E-state index is 4.47. The lowest BCUT2D eigenvalue weighted by Crippen LogP contribution is -2.21. The van der Waals surface area contributed by atoms with E-state index in [4.69, 9.17) is 0 Å². The fraction of sp³-hybridized carbons (Fsp3) is 0.0714. The van der Waals surface area contributed by atoms with E-state index in [1.807, 2.05) is 0 Å². The highest BCUT2D eigenvalue weighted by Crippen LogP contribution is 2.54. The van der Waals surface area contributed by atoms with Crippen LogP contribution < -0.4 is 9.80 Å². The minimum Gasteiger partial charge on any atom is -0.329 e. The van der Waals surface area contributed by atoms with Crippen molar-refractivity contribution >= 4 is 17.1 Å². The van der Waals surface area contributed by atoms with Crippen LogP contribution in [0.15, 0.2) is 109 Å². The van der Waals surface area contributed by atoms with Gasteiger partial charge in [-0.15, -0.1) is 0 Å². The zero-order valence-electron chi connectivity index (χ0n) is 17.3. The summed E-state index contributed by atoms with van der Waals surface area (Å²) in [5.41, 5.74) is 9.60. The molecule has 2 nitrogen and oxygen atoms in total. The van der Waals surface area contributed by atoms with Crippen molar-refractivity contribution in [3.05, 3.63) is 115 Å². The molecule has 1 aliphatic heterocycles. The van der Waals surface area contributed by atoms with Crippen LogP contribution in [0, 0.1) is 6.92 Å². The summed E-state index contributed by atoms with van der Waals surface area (Å²) in [5.74, 6) is 0.958. The van der Waals surface area contributed by atoms with Crippen LogP contribution in [0.1, 0.15) is 5.56 Å². The number of fused-ring (bicyclic) bond motifs is 1. The molecular weight excluding hydrogens is 364 g/mol. The number of anilines is 3. The summed E-state index contributed by atoms with van der Waals surface area (Å²) in [7, 11) is 2.11. The molecule has 4 aromatic carbocycles. The minimum atomic E-state index is 0.958. The summed E-state index contributed by atoms with van der Waals surface area (Å²) >= 11 is 0. The third-order valence-corrected chi connectivity index (χ3v) is 5.88. The van der Waals surface area contributed by atoms with E-state index in [9.17, 15) is 0 Å². The number of nitrogens with zero attached hydrogens (tertiary/aromatic N) is 2. The molecule has 0 bridgehead atoms. The zero-order chi connectivity index (χ0) is 20.7. The largest absolute Gasteiger partial charge is 0.329 e. The van der Waals surface area contributed by atoms with E-state index in [0.717, 1.165) is 11.5 Å². The maximum Gasteiger partial charge on any atom is 0.110 e. The maximum atomic E-state index is 4.47. The first-order valence-electron chi connectivity index (χ1n) is 10.2. The molecule has 5 rings (SSSR count). The molecule has 0 N–H and O–H groups in total. The first kappa shape index (κ1) is 18.3. The first-order valence-corrected chi connectivity index (χ1v) is 10.2. The molecule has 4 aromatic rings. The molecule has 30 heavy (non-hydrogen) atoms. The number of rotatable bonds is 3. The lowest BCUT2D eigenvalue weighted by Gasteiger charge is -2.25. The van der Waals surface area contributed by atoms with Gasteiger partial charge in [-0.05, 0) is 29.7 Å². The van der Waals surface area contributed by atoms with E-state index >= 15 is 0 Å². The van der Waals surface area contributed by atoms with E-state index in [0.29, 0.717) is 0 Å². The van der Waals surface area contributed by atoms with E-state index in [2.05, 4.69) is 127 Å². The van der Waals surface area contributed by atoms with Crippen molar-refractivity contribution < 1.29 is 0 Å². The van der Waals surface area contributed by atoms with Crippen molar-refractivity contribution in [1.29, 1.82) is 0 Å². The molecule has 0 amide bonds. The van der Waals surface area contributed by atoms with Crippen LogP contribution >= 0.6 is 0 Å². The molecule has 0 fully saturated rings. The van der Waals surface area contributed by atoms with E-state index in [1.165, 1.54) is 39.2 Å². The summed E-state index contributed by atoms with van der Waals surface area (Å²) in [5, 5.41) is 0. The molecule has 0 spiro atoms. The van der Waals surface area contributed by atoms with Crippen LogP contribution in [-0.4, -0.2) is 7.05 Å². The van der Waals surface area contributed by atoms with Crippen molar-refractivity contribution in [2.75, 3.05) is 16.8 Å². The first-order chi connectivity index (χ1) is 14.7. The fourth-order valence-electron chi connectivity index (χ4n) is 4.33. The molecule has 0 saturated carbocycles. The summed E-state index contributed by atoms with van der Waals surface area (Å²) < 4.78 is 0. The highest BCUT2D eigenvalue weighted by atomic mass is 15.4. The molecule has 0 aliphatic carbocycles. The number of hydrogen-bond donors (Lipinski definition) is 0. The van der Waals surface area contributed by atoms with Crippen LogP contribution in [0.4, 0.5) is 17.1 Å². The molecule has 1 heterocycles. The smallest absolute Gasteiger partial charge is 0.110 e. The second kappa shape index (κ2) is 7.23. The van der Waals surface area contributed by atoms with Crippen LogP contribution in [-0.2, 0) is 0 Å². The summed E-state index contributed by atoms with van der Waals surface area (Å²) in [6.45, 7) is 6.63. The van der Waals surface area contributed by atoms with Crippen molar-refractivity contribution in [2.24, 2.45) is 0 Å². The quantitative estimate of drug-likeness (QED) is 0.361. The predicted molar refractivity (Wildman–Crippen MR) is 128 cm³/mol. The molecule has 2 heteroatoms. The number of hydrogen-bond acceptors (Lipinski definition) is 2. The number of benzene rings is 4. The van der Waals surface area contributed by atoms with Crippen LogP contribution in [0.5, 0.6) is 0 Å². The molecule has 146 valence electrons. The summed E-state index contributed by atoms with van der Waals surface area (Å²) in [6, 6.07) is 34.2. The number of aryl methyl sites for hydroxylation is 1. The Labute approximate surface area is 178 Å². The molecule has 0 unspecified atom stereocenters. The summed E-state index contributed by atoms with van der Waals surface area (Å²) in [4.78, 5) is 4.52.